The molecule has 2 rings (SSSR count). The average molecular weight is 399 g/mol. The van der Waals surface area contributed by atoms with Crippen LogP contribution in [-0.2, 0) is 14.8 Å². The predicted molar refractivity (Wildman–Crippen MR) is 102 cm³/mol. The van der Waals surface area contributed by atoms with Crippen LogP contribution in [0.3, 0.4) is 0 Å². The molecular formula is C17H16Cl2N2O3S. The lowest BCUT2D eigenvalue weighted by molar-refractivity contribution is -0.111. The van der Waals surface area contributed by atoms with Gasteiger partial charge in [0.05, 0.1) is 14.9 Å². The molecule has 2 aromatic carbocycles. The highest BCUT2D eigenvalue weighted by atomic mass is 35.5. The van der Waals surface area contributed by atoms with Gasteiger partial charge in [0, 0.05) is 11.8 Å². The zero-order valence-corrected chi connectivity index (χ0v) is 15.8. The Morgan fingerprint density at radius 3 is 2.56 bits per heavy atom. The summed E-state index contributed by atoms with van der Waals surface area (Å²) in [6, 6.07) is 9.75. The van der Waals surface area contributed by atoms with Crippen LogP contribution >= 0.6 is 23.2 Å². The maximum absolute atomic E-state index is 12.1. The minimum Gasteiger partial charge on any atom is -0.322 e. The summed E-state index contributed by atoms with van der Waals surface area (Å²) in [5.74, 6) is -0.423. The number of hydrogen-bond donors (Lipinski definition) is 2. The van der Waals surface area contributed by atoms with Crippen molar-refractivity contribution in [2.45, 2.75) is 11.8 Å². The Morgan fingerprint density at radius 2 is 1.88 bits per heavy atom. The lowest BCUT2D eigenvalue weighted by Crippen LogP contribution is -2.20. The number of sulfonamides is 1. The zero-order chi connectivity index (χ0) is 18.6. The number of nitrogens with one attached hydrogen (secondary N) is 2. The van der Waals surface area contributed by atoms with Gasteiger partial charge in [-0.1, -0.05) is 41.4 Å². The van der Waals surface area contributed by atoms with Crippen LogP contribution in [0, 0.1) is 6.92 Å². The number of rotatable bonds is 5. The van der Waals surface area contributed by atoms with Crippen LogP contribution in [0.2, 0.25) is 10.0 Å². The van der Waals surface area contributed by atoms with Crippen LogP contribution in [-0.4, -0.2) is 21.4 Å². The van der Waals surface area contributed by atoms with E-state index in [1.54, 1.807) is 37.3 Å². The zero-order valence-electron chi connectivity index (χ0n) is 13.5. The Bertz CT molecular complexity index is 941. The van der Waals surface area contributed by atoms with Crippen LogP contribution < -0.4 is 10.0 Å². The number of benzene rings is 2. The van der Waals surface area contributed by atoms with E-state index in [-0.39, 0.29) is 4.90 Å². The molecule has 25 heavy (non-hydrogen) atoms. The number of anilines is 1. The van der Waals surface area contributed by atoms with Crippen LogP contribution in [0.1, 0.15) is 11.1 Å². The molecule has 0 heterocycles. The summed E-state index contributed by atoms with van der Waals surface area (Å²) in [6.45, 7) is 1.68. The van der Waals surface area contributed by atoms with Crippen molar-refractivity contribution < 1.29 is 13.2 Å². The molecule has 0 aliphatic carbocycles. The normalized spacial score (nSPS) is 11.7. The van der Waals surface area contributed by atoms with Crippen molar-refractivity contribution in [2.24, 2.45) is 0 Å². The fourth-order valence-corrected chi connectivity index (χ4v) is 3.44. The molecule has 5 nitrogen and oxygen atoms in total. The fraction of sp³-hybridized carbons (Fsp3) is 0.118. The van der Waals surface area contributed by atoms with E-state index in [0.717, 1.165) is 0 Å². The molecule has 0 saturated carbocycles. The van der Waals surface area contributed by atoms with Gasteiger partial charge in [-0.25, -0.2) is 13.1 Å². The maximum Gasteiger partial charge on any atom is 0.248 e. The van der Waals surface area contributed by atoms with E-state index in [9.17, 15) is 13.2 Å². The maximum atomic E-state index is 12.1. The largest absolute Gasteiger partial charge is 0.322 e. The summed E-state index contributed by atoms with van der Waals surface area (Å²) in [4.78, 5) is 12.2. The number of amides is 1. The monoisotopic (exact) mass is 398 g/mol. The third kappa shape index (κ3) is 4.83. The van der Waals surface area contributed by atoms with E-state index in [0.29, 0.717) is 26.9 Å². The molecule has 1 amide bonds. The van der Waals surface area contributed by atoms with Gasteiger partial charge in [0.25, 0.3) is 0 Å². The van der Waals surface area contributed by atoms with Crippen molar-refractivity contribution in [1.82, 2.24) is 4.72 Å². The first-order valence-electron chi connectivity index (χ1n) is 7.22. The lowest BCUT2D eigenvalue weighted by atomic mass is 10.2. The Balaban J connectivity index is 2.20. The first-order chi connectivity index (χ1) is 11.7. The summed E-state index contributed by atoms with van der Waals surface area (Å²) in [5, 5.41) is 3.36. The van der Waals surface area contributed by atoms with E-state index < -0.39 is 15.9 Å². The molecule has 0 spiro atoms. The number of halogens is 2. The van der Waals surface area contributed by atoms with Gasteiger partial charge >= 0.3 is 0 Å². The van der Waals surface area contributed by atoms with Gasteiger partial charge in [-0.05, 0) is 49.4 Å². The lowest BCUT2D eigenvalue weighted by Gasteiger charge is -2.09. The molecule has 0 fully saturated rings. The second-order valence-electron chi connectivity index (χ2n) is 5.15. The van der Waals surface area contributed by atoms with Gasteiger partial charge < -0.3 is 5.32 Å². The molecule has 0 bridgehead atoms. The van der Waals surface area contributed by atoms with Gasteiger partial charge in [0.2, 0.25) is 15.9 Å². The smallest absolute Gasteiger partial charge is 0.248 e. The molecule has 8 heteroatoms. The highest BCUT2D eigenvalue weighted by Gasteiger charge is 2.15. The molecule has 0 unspecified atom stereocenters. The van der Waals surface area contributed by atoms with Crippen LogP contribution in [0.5, 0.6) is 0 Å². The Hall–Kier alpha value is -1.86. The fourth-order valence-electron chi connectivity index (χ4n) is 2.08. The Morgan fingerprint density at radius 1 is 1.16 bits per heavy atom. The topological polar surface area (TPSA) is 75.3 Å². The van der Waals surface area contributed by atoms with Gasteiger partial charge in [-0.15, -0.1) is 0 Å². The Labute approximate surface area is 156 Å². The van der Waals surface area contributed by atoms with Crippen molar-refractivity contribution in [3.05, 3.63) is 63.6 Å². The first kappa shape index (κ1) is 19.5. The number of aryl methyl sites for hydroxylation is 1. The molecule has 0 radical (unpaired) electrons. The average Bonchev–Trinajstić information content (AvgIpc) is 2.57. The molecule has 0 aliphatic rings. The van der Waals surface area contributed by atoms with Crippen molar-refractivity contribution >= 4 is 50.9 Å². The molecule has 0 aliphatic heterocycles. The van der Waals surface area contributed by atoms with Crippen molar-refractivity contribution in [2.75, 3.05) is 12.4 Å². The van der Waals surface area contributed by atoms with Crippen LogP contribution in [0.4, 0.5) is 5.69 Å². The number of hydrogen-bond acceptors (Lipinski definition) is 3. The molecule has 0 atom stereocenters. The molecule has 0 saturated heterocycles. The van der Waals surface area contributed by atoms with E-state index in [1.165, 1.54) is 25.3 Å². The molecule has 2 N–H and O–H groups in total. The quantitative estimate of drug-likeness (QED) is 0.750. The minimum atomic E-state index is -3.60. The van der Waals surface area contributed by atoms with Crippen LogP contribution in [0.25, 0.3) is 6.08 Å². The summed E-state index contributed by atoms with van der Waals surface area (Å²) >= 11 is 12.0. The highest BCUT2D eigenvalue weighted by Crippen LogP contribution is 2.26. The van der Waals surface area contributed by atoms with Crippen molar-refractivity contribution in [1.29, 1.82) is 0 Å². The summed E-state index contributed by atoms with van der Waals surface area (Å²) in [7, 11) is -2.27. The van der Waals surface area contributed by atoms with Gasteiger partial charge in [0.1, 0.15) is 0 Å². The number of carbonyl (C=O) groups excluding carboxylic acids is 1. The minimum absolute atomic E-state index is 0.106. The standard InChI is InChI=1S/C17H16Cl2N2O3S/c1-11-6-8-13(10-15(11)25(23,24)20-2)21-16(22)9-7-12-4-3-5-14(18)17(12)19/h3-10,20H,1-2H3,(H,21,22)/b9-7+. The summed E-state index contributed by atoms with van der Waals surface area (Å²) < 4.78 is 26.2. The second-order valence-corrected chi connectivity index (χ2v) is 7.79. The first-order valence-corrected chi connectivity index (χ1v) is 9.46. The summed E-state index contributed by atoms with van der Waals surface area (Å²) in [6.07, 6.45) is 2.83. The van der Waals surface area contributed by atoms with Crippen molar-refractivity contribution in [3.8, 4) is 0 Å². The number of carbonyl (C=O) groups is 1. The second kappa shape index (κ2) is 8.01. The molecular weight excluding hydrogens is 383 g/mol. The Kier molecular flexibility index (Phi) is 6.24. The SMILES string of the molecule is CNS(=O)(=O)c1cc(NC(=O)/C=C/c2cccc(Cl)c2Cl)ccc1C. The van der Waals surface area contributed by atoms with E-state index >= 15 is 0 Å². The van der Waals surface area contributed by atoms with E-state index in [2.05, 4.69) is 10.0 Å². The highest BCUT2D eigenvalue weighted by molar-refractivity contribution is 7.89. The van der Waals surface area contributed by atoms with Gasteiger partial charge in [-0.2, -0.15) is 0 Å². The third-order valence-corrected chi connectivity index (χ3v) is 5.80. The third-order valence-electron chi connectivity index (χ3n) is 3.41. The molecule has 2 aromatic rings. The molecule has 0 aromatic heterocycles. The predicted octanol–water partition coefficient (Wildman–Crippen LogP) is 3.86. The summed E-state index contributed by atoms with van der Waals surface area (Å²) in [5.41, 5.74) is 1.55. The van der Waals surface area contributed by atoms with E-state index in [4.69, 9.17) is 23.2 Å². The van der Waals surface area contributed by atoms with Crippen LogP contribution in [0.15, 0.2) is 47.4 Å². The molecule has 132 valence electrons. The van der Waals surface area contributed by atoms with Gasteiger partial charge in [0.15, 0.2) is 0 Å². The van der Waals surface area contributed by atoms with Gasteiger partial charge in [-0.3, -0.25) is 4.79 Å². The van der Waals surface area contributed by atoms with Crippen molar-refractivity contribution in [3.63, 3.8) is 0 Å². The van der Waals surface area contributed by atoms with E-state index in [1.807, 2.05) is 0 Å².